The van der Waals surface area contributed by atoms with Crippen molar-refractivity contribution in [3.8, 4) is 0 Å². The van der Waals surface area contributed by atoms with E-state index in [0.29, 0.717) is 19.5 Å². The van der Waals surface area contributed by atoms with E-state index in [0.717, 1.165) is 23.1 Å². The normalized spacial score (nSPS) is 21.6. The number of benzene rings is 1. The Kier molecular flexibility index (Phi) is 4.83. The van der Waals surface area contributed by atoms with Crippen molar-refractivity contribution in [1.29, 1.82) is 0 Å². The van der Waals surface area contributed by atoms with Crippen molar-refractivity contribution in [2.75, 3.05) is 19.6 Å². The lowest BCUT2D eigenvalue weighted by Gasteiger charge is -2.27. The highest BCUT2D eigenvalue weighted by Crippen LogP contribution is 2.16. The summed E-state index contributed by atoms with van der Waals surface area (Å²) >= 11 is 0. The smallest absolute Gasteiger partial charge is 0.307 e. The van der Waals surface area contributed by atoms with Gasteiger partial charge in [0.25, 0.3) is 0 Å². The van der Waals surface area contributed by atoms with Gasteiger partial charge >= 0.3 is 5.97 Å². The summed E-state index contributed by atoms with van der Waals surface area (Å²) in [6.45, 7) is 2.03. The van der Waals surface area contributed by atoms with Gasteiger partial charge in [-0.2, -0.15) is 5.10 Å². The summed E-state index contributed by atoms with van der Waals surface area (Å²) < 4.78 is 0. The van der Waals surface area contributed by atoms with Crippen molar-refractivity contribution in [2.45, 2.75) is 6.42 Å². The first-order valence-corrected chi connectivity index (χ1v) is 7.77. The Bertz CT molecular complexity index is 717. The maximum atomic E-state index is 11.0. The molecule has 2 heterocycles. The Balaban J connectivity index is 1.53. The minimum absolute atomic E-state index is 0.270. The van der Waals surface area contributed by atoms with Crippen LogP contribution in [0.5, 0.6) is 0 Å². The number of carboxylic acids is 1. The first-order chi connectivity index (χ1) is 11.2. The summed E-state index contributed by atoms with van der Waals surface area (Å²) in [5.41, 5.74) is 4.74. The molecule has 120 valence electrons. The first kappa shape index (κ1) is 15.4. The third-order valence-electron chi connectivity index (χ3n) is 4.08. The summed E-state index contributed by atoms with van der Waals surface area (Å²) in [6, 6.07) is 11.9. The molecule has 0 radical (unpaired) electrons. The zero-order chi connectivity index (χ0) is 16.1. The number of rotatable bonds is 5. The van der Waals surface area contributed by atoms with E-state index in [1.807, 2.05) is 36.4 Å². The van der Waals surface area contributed by atoms with Gasteiger partial charge in [0.05, 0.1) is 23.3 Å². The molecule has 1 aliphatic rings. The summed E-state index contributed by atoms with van der Waals surface area (Å²) in [4.78, 5) is 15.5. The Morgan fingerprint density at radius 3 is 3.09 bits per heavy atom. The highest BCUT2D eigenvalue weighted by molar-refractivity contribution is 5.84. The molecule has 3 N–H and O–H groups in total. The monoisotopic (exact) mass is 312 g/mol. The largest absolute Gasteiger partial charge is 0.481 e. The minimum atomic E-state index is -0.730. The van der Waals surface area contributed by atoms with Crippen molar-refractivity contribution < 1.29 is 9.90 Å². The zero-order valence-electron chi connectivity index (χ0n) is 12.8. The number of fused-ring (bicyclic) bond motifs is 1. The molecule has 1 aromatic heterocycles. The number of nitrogens with one attached hydrogen (secondary N) is 2. The van der Waals surface area contributed by atoms with Gasteiger partial charge in [0.2, 0.25) is 0 Å². The zero-order valence-corrected chi connectivity index (χ0v) is 12.8. The Hall–Kier alpha value is -2.47. The van der Waals surface area contributed by atoms with Crippen molar-refractivity contribution in [3.63, 3.8) is 0 Å². The number of nitrogens with zero attached hydrogens (tertiary/aromatic N) is 2. The molecule has 23 heavy (non-hydrogen) atoms. The van der Waals surface area contributed by atoms with Crippen molar-refractivity contribution in [2.24, 2.45) is 16.9 Å². The number of carbonyl (C=O) groups is 1. The molecular formula is C17H20N4O2. The lowest BCUT2D eigenvalue weighted by molar-refractivity contribution is -0.142. The lowest BCUT2D eigenvalue weighted by atomic mass is 9.91. The minimum Gasteiger partial charge on any atom is -0.481 e. The molecule has 1 aliphatic heterocycles. The fourth-order valence-corrected chi connectivity index (χ4v) is 2.82. The van der Waals surface area contributed by atoms with Gasteiger partial charge in [-0.3, -0.25) is 4.79 Å². The molecule has 0 aliphatic carbocycles. The number of aromatic nitrogens is 1. The third-order valence-corrected chi connectivity index (χ3v) is 4.08. The first-order valence-electron chi connectivity index (χ1n) is 7.77. The van der Waals surface area contributed by atoms with Gasteiger partial charge in [0.15, 0.2) is 0 Å². The molecule has 2 atom stereocenters. The number of hydrogen-bond acceptors (Lipinski definition) is 5. The van der Waals surface area contributed by atoms with Crippen LogP contribution in [-0.2, 0) is 4.79 Å². The van der Waals surface area contributed by atoms with E-state index in [1.165, 1.54) is 0 Å². The fraction of sp³-hybridized carbons (Fsp3) is 0.353. The summed E-state index contributed by atoms with van der Waals surface area (Å²) in [5, 5.41) is 17.5. The maximum Gasteiger partial charge on any atom is 0.307 e. The quantitative estimate of drug-likeness (QED) is 0.575. The van der Waals surface area contributed by atoms with Crippen LogP contribution in [0.15, 0.2) is 41.5 Å². The standard InChI is InChI=1S/C17H20N4O2/c22-17(23)14-7-12(8-18-10-14)9-19-20-11-15-6-5-13-3-1-2-4-16(13)21-15/h1-6,11-12,14,18-19H,7-10H2,(H,22,23)/b20-11+/t12-,14+/m0/s1. The van der Waals surface area contributed by atoms with Crippen molar-refractivity contribution >= 4 is 23.1 Å². The van der Waals surface area contributed by atoms with E-state index in [2.05, 4.69) is 20.8 Å². The Morgan fingerprint density at radius 2 is 2.22 bits per heavy atom. The van der Waals surface area contributed by atoms with E-state index in [-0.39, 0.29) is 11.8 Å². The summed E-state index contributed by atoms with van der Waals surface area (Å²) in [5.74, 6) is -0.765. The lowest BCUT2D eigenvalue weighted by Crippen LogP contribution is -2.42. The molecule has 0 bridgehead atoms. The van der Waals surface area contributed by atoms with E-state index < -0.39 is 5.97 Å². The second-order valence-electron chi connectivity index (χ2n) is 5.84. The van der Waals surface area contributed by atoms with Gasteiger partial charge in [-0.15, -0.1) is 0 Å². The molecule has 6 nitrogen and oxygen atoms in total. The average molecular weight is 312 g/mol. The van der Waals surface area contributed by atoms with Crippen LogP contribution >= 0.6 is 0 Å². The van der Waals surface area contributed by atoms with Gasteiger partial charge in [-0.1, -0.05) is 24.3 Å². The Morgan fingerprint density at radius 1 is 1.35 bits per heavy atom. The number of pyridine rings is 1. The molecule has 2 aromatic rings. The summed E-state index contributed by atoms with van der Waals surface area (Å²) in [6.07, 6.45) is 2.37. The van der Waals surface area contributed by atoms with Gasteiger partial charge < -0.3 is 15.8 Å². The number of hydrogen-bond donors (Lipinski definition) is 3. The van der Waals surface area contributed by atoms with Gasteiger partial charge in [-0.05, 0) is 31.0 Å². The molecule has 0 amide bonds. The van der Waals surface area contributed by atoms with Crippen LogP contribution in [0.2, 0.25) is 0 Å². The van der Waals surface area contributed by atoms with Crippen LogP contribution in [0.3, 0.4) is 0 Å². The van der Waals surface area contributed by atoms with E-state index in [4.69, 9.17) is 5.11 Å². The molecule has 0 saturated carbocycles. The average Bonchev–Trinajstić information content (AvgIpc) is 2.59. The van der Waals surface area contributed by atoms with Crippen LogP contribution in [0.25, 0.3) is 10.9 Å². The van der Waals surface area contributed by atoms with Crippen LogP contribution in [0.1, 0.15) is 12.1 Å². The molecule has 0 unspecified atom stereocenters. The highest BCUT2D eigenvalue weighted by Gasteiger charge is 2.26. The van der Waals surface area contributed by atoms with Crippen LogP contribution in [0.4, 0.5) is 0 Å². The Labute approximate surface area is 134 Å². The fourth-order valence-electron chi connectivity index (χ4n) is 2.82. The van der Waals surface area contributed by atoms with Crippen LogP contribution in [-0.4, -0.2) is 41.9 Å². The molecule has 1 aromatic carbocycles. The van der Waals surface area contributed by atoms with E-state index >= 15 is 0 Å². The van der Waals surface area contributed by atoms with Crippen LogP contribution < -0.4 is 10.7 Å². The predicted octanol–water partition coefficient (Wildman–Crippen LogP) is 1.47. The van der Waals surface area contributed by atoms with Crippen LogP contribution in [0, 0.1) is 11.8 Å². The maximum absolute atomic E-state index is 11.0. The van der Waals surface area contributed by atoms with E-state index in [9.17, 15) is 4.79 Å². The highest BCUT2D eigenvalue weighted by atomic mass is 16.4. The molecule has 0 spiro atoms. The second kappa shape index (κ2) is 7.19. The molecule has 1 fully saturated rings. The molecule has 6 heteroatoms. The molecule has 3 rings (SSSR count). The van der Waals surface area contributed by atoms with Crippen molar-refractivity contribution in [3.05, 3.63) is 42.1 Å². The van der Waals surface area contributed by atoms with Crippen molar-refractivity contribution in [1.82, 2.24) is 15.7 Å². The van der Waals surface area contributed by atoms with Gasteiger partial charge in [-0.25, -0.2) is 4.98 Å². The van der Waals surface area contributed by atoms with E-state index in [1.54, 1.807) is 6.21 Å². The topological polar surface area (TPSA) is 86.6 Å². The summed E-state index contributed by atoms with van der Waals surface area (Å²) in [7, 11) is 0. The number of carboxylic acid groups (broad SMARTS) is 1. The number of piperidine rings is 1. The number of hydrazone groups is 1. The number of aliphatic carboxylic acids is 1. The van der Waals surface area contributed by atoms with Gasteiger partial charge in [0, 0.05) is 18.5 Å². The molecular weight excluding hydrogens is 292 g/mol. The van der Waals surface area contributed by atoms with Gasteiger partial charge in [0.1, 0.15) is 0 Å². The molecule has 1 saturated heterocycles. The SMILES string of the molecule is O=C(O)[C@H]1CNC[C@@H](CN/N=C/c2ccc3ccccc3n2)C1. The third kappa shape index (κ3) is 4.04. The second-order valence-corrected chi connectivity index (χ2v) is 5.84. The predicted molar refractivity (Wildman–Crippen MR) is 89.4 cm³/mol. The number of para-hydroxylation sites is 1.